The molecule has 1 rings (SSSR count). The van der Waals surface area contributed by atoms with E-state index in [1.165, 1.54) is 32.4 Å². The van der Waals surface area contributed by atoms with Crippen molar-refractivity contribution in [2.75, 3.05) is 13.1 Å². The molecule has 0 saturated carbocycles. The predicted octanol–water partition coefficient (Wildman–Crippen LogP) is -0.726. The summed E-state index contributed by atoms with van der Waals surface area (Å²) in [6.45, 7) is 2.75. The molecule has 0 spiro atoms. The van der Waals surface area contributed by atoms with Crippen molar-refractivity contribution in [1.82, 2.24) is 0 Å². The molecule has 72 valence electrons. The van der Waals surface area contributed by atoms with Crippen LogP contribution in [0.2, 0.25) is 0 Å². The smallest absolute Gasteiger partial charge is 0.146 e. The average Bonchev–Trinajstić information content (AvgIpc) is 2.08. The first-order valence-corrected chi connectivity index (χ1v) is 4.82. The molecule has 5 heteroatoms. The van der Waals surface area contributed by atoms with Gasteiger partial charge in [-0.1, -0.05) is 23.2 Å². The van der Waals surface area contributed by atoms with Gasteiger partial charge in [-0.2, -0.15) is 0 Å². The molecular weight excluding hydrogens is 201 g/mol. The maximum absolute atomic E-state index is 9.32. The number of carboxylic acids is 1. The molecule has 3 nitrogen and oxygen atoms in total. The molecule has 12 heavy (non-hydrogen) atoms. The number of carboxylic acid groups (broad SMARTS) is 1. The molecule has 1 fully saturated rings. The summed E-state index contributed by atoms with van der Waals surface area (Å²) in [4.78, 5) is 7.93. The maximum Gasteiger partial charge on any atom is 0.146 e. The van der Waals surface area contributed by atoms with Crippen LogP contribution in [0.3, 0.4) is 0 Å². The van der Waals surface area contributed by atoms with E-state index in [0.29, 0.717) is 0 Å². The van der Waals surface area contributed by atoms with E-state index in [9.17, 15) is 9.90 Å². The molecule has 0 atom stereocenters. The second-order valence-electron chi connectivity index (χ2n) is 2.55. The standard InChI is InChI=1S/C5H11N.C2H2Cl2O2/c1-2-4-6-5-3-1;3-1(4)2(5)6/h6H,1-5H2;1H,(H,5,6). The number of rotatable bonds is 1. The lowest BCUT2D eigenvalue weighted by Crippen LogP contribution is -2.85. The van der Waals surface area contributed by atoms with E-state index < -0.39 is 10.8 Å². The molecular formula is C7H13Cl2NO2. The van der Waals surface area contributed by atoms with Crippen LogP contribution in [-0.4, -0.2) is 23.9 Å². The molecule has 0 aliphatic carbocycles. The van der Waals surface area contributed by atoms with Crippen molar-refractivity contribution in [3.63, 3.8) is 0 Å². The zero-order chi connectivity index (χ0) is 9.40. The van der Waals surface area contributed by atoms with Crippen LogP contribution in [0.5, 0.6) is 0 Å². The Morgan fingerprint density at radius 1 is 1.25 bits per heavy atom. The van der Waals surface area contributed by atoms with Crippen molar-refractivity contribution in [3.05, 3.63) is 0 Å². The number of hydrogen-bond acceptors (Lipinski definition) is 2. The summed E-state index contributed by atoms with van der Waals surface area (Å²) >= 11 is 9.43. The first-order valence-electron chi connectivity index (χ1n) is 3.95. The molecule has 1 heterocycles. The van der Waals surface area contributed by atoms with E-state index in [1.807, 2.05) is 0 Å². The Labute approximate surface area is 82.0 Å². The summed E-state index contributed by atoms with van der Waals surface area (Å²) in [5, 5.41) is 11.7. The Kier molecular flexibility index (Phi) is 7.65. The summed E-state index contributed by atoms with van der Waals surface area (Å²) in [6.07, 6.45) is 4.36. The number of halogens is 2. The quantitative estimate of drug-likeness (QED) is 0.585. The molecule has 2 N–H and O–H groups in total. The highest BCUT2D eigenvalue weighted by Crippen LogP contribution is 1.96. The minimum absolute atomic E-state index is 1.38. The second-order valence-corrected chi connectivity index (χ2v) is 3.64. The fourth-order valence-electron chi connectivity index (χ4n) is 0.898. The number of piperidine rings is 1. The van der Waals surface area contributed by atoms with Crippen LogP contribution in [0, 0.1) is 0 Å². The minimum Gasteiger partial charge on any atom is -0.547 e. The molecule has 0 unspecified atom stereocenters. The van der Waals surface area contributed by atoms with Gasteiger partial charge in [0.25, 0.3) is 0 Å². The van der Waals surface area contributed by atoms with Gasteiger partial charge in [0.1, 0.15) is 4.84 Å². The topological polar surface area (TPSA) is 56.7 Å². The fraction of sp³-hybridized carbons (Fsp3) is 0.857. The van der Waals surface area contributed by atoms with Gasteiger partial charge in [-0.15, -0.1) is 0 Å². The highest BCUT2D eigenvalue weighted by atomic mass is 35.5. The van der Waals surface area contributed by atoms with Crippen molar-refractivity contribution in [2.45, 2.75) is 24.1 Å². The first-order chi connectivity index (χ1) is 5.64. The highest BCUT2D eigenvalue weighted by Gasteiger charge is 1.97. The molecule has 0 amide bonds. The SMILES string of the molecule is C1CC[NH2+]CC1.O=C([O-])C(Cl)Cl. The van der Waals surface area contributed by atoms with E-state index in [0.717, 1.165) is 0 Å². The average molecular weight is 214 g/mol. The Morgan fingerprint density at radius 2 is 1.67 bits per heavy atom. The second kappa shape index (κ2) is 7.65. The van der Waals surface area contributed by atoms with Crippen LogP contribution < -0.4 is 10.4 Å². The Bertz CT molecular complexity index is 115. The summed E-state index contributed by atoms with van der Waals surface area (Å²) < 4.78 is 0. The molecule has 0 aromatic rings. The van der Waals surface area contributed by atoms with Gasteiger partial charge in [0, 0.05) is 0 Å². The largest absolute Gasteiger partial charge is 0.547 e. The number of hydrogen-bond donors (Lipinski definition) is 1. The van der Waals surface area contributed by atoms with Crippen molar-refractivity contribution in [2.24, 2.45) is 0 Å². The lowest BCUT2D eigenvalue weighted by molar-refractivity contribution is -0.662. The predicted molar refractivity (Wildman–Crippen MR) is 46.0 cm³/mol. The van der Waals surface area contributed by atoms with Crippen LogP contribution in [0.25, 0.3) is 0 Å². The monoisotopic (exact) mass is 213 g/mol. The maximum atomic E-state index is 9.32. The van der Waals surface area contributed by atoms with Gasteiger partial charge in [0.15, 0.2) is 0 Å². The molecule has 0 radical (unpaired) electrons. The number of aliphatic carboxylic acids is 1. The van der Waals surface area contributed by atoms with Gasteiger partial charge < -0.3 is 15.2 Å². The molecule has 0 aromatic heterocycles. The third kappa shape index (κ3) is 8.11. The third-order valence-electron chi connectivity index (χ3n) is 1.49. The minimum atomic E-state index is -1.46. The number of quaternary nitrogens is 1. The molecule has 0 aromatic carbocycles. The Balaban J connectivity index is 0.000000202. The van der Waals surface area contributed by atoms with E-state index >= 15 is 0 Å². The summed E-state index contributed by atoms with van der Waals surface area (Å²) in [7, 11) is 0. The van der Waals surface area contributed by atoms with Gasteiger partial charge in [-0.25, -0.2) is 0 Å². The van der Waals surface area contributed by atoms with Crippen LogP contribution in [0.4, 0.5) is 0 Å². The number of carbonyl (C=O) groups is 1. The summed E-state index contributed by atoms with van der Waals surface area (Å²) in [5.74, 6) is -1.46. The Hall–Kier alpha value is 0.01000. The lowest BCUT2D eigenvalue weighted by atomic mass is 10.2. The normalized spacial score (nSPS) is 16.6. The number of carbonyl (C=O) groups excluding carboxylic acids is 1. The van der Waals surface area contributed by atoms with Crippen LogP contribution >= 0.6 is 23.2 Å². The molecule has 1 aliphatic rings. The van der Waals surface area contributed by atoms with Gasteiger partial charge >= 0.3 is 0 Å². The van der Waals surface area contributed by atoms with Crippen LogP contribution in [0.15, 0.2) is 0 Å². The van der Waals surface area contributed by atoms with Crippen molar-refractivity contribution in [1.29, 1.82) is 0 Å². The summed E-state index contributed by atoms with van der Waals surface area (Å²) in [5.41, 5.74) is 0. The molecule has 1 saturated heterocycles. The summed E-state index contributed by atoms with van der Waals surface area (Å²) in [6, 6.07) is 0. The zero-order valence-corrected chi connectivity index (χ0v) is 8.27. The van der Waals surface area contributed by atoms with Crippen LogP contribution in [-0.2, 0) is 4.79 Å². The van der Waals surface area contributed by atoms with E-state index in [1.54, 1.807) is 0 Å². The van der Waals surface area contributed by atoms with Gasteiger partial charge in [0.05, 0.1) is 19.1 Å². The van der Waals surface area contributed by atoms with E-state index in [2.05, 4.69) is 5.32 Å². The van der Waals surface area contributed by atoms with Crippen molar-refractivity contribution >= 4 is 29.2 Å². The fourth-order valence-corrected chi connectivity index (χ4v) is 0.898. The van der Waals surface area contributed by atoms with Crippen molar-refractivity contribution < 1.29 is 15.2 Å². The molecule has 1 aliphatic heterocycles. The van der Waals surface area contributed by atoms with Gasteiger partial charge in [-0.3, -0.25) is 0 Å². The number of nitrogens with two attached hydrogens (primary N) is 1. The first kappa shape index (κ1) is 12.0. The van der Waals surface area contributed by atoms with E-state index in [-0.39, 0.29) is 0 Å². The molecule has 0 bridgehead atoms. The third-order valence-corrected chi connectivity index (χ3v) is 1.85. The van der Waals surface area contributed by atoms with E-state index in [4.69, 9.17) is 23.2 Å². The van der Waals surface area contributed by atoms with Crippen molar-refractivity contribution in [3.8, 4) is 0 Å². The van der Waals surface area contributed by atoms with Crippen LogP contribution in [0.1, 0.15) is 19.3 Å². The lowest BCUT2D eigenvalue weighted by Gasteiger charge is -2.05. The van der Waals surface area contributed by atoms with Gasteiger partial charge in [0.2, 0.25) is 0 Å². The highest BCUT2D eigenvalue weighted by molar-refractivity contribution is 6.52. The Morgan fingerprint density at radius 3 is 1.75 bits per heavy atom. The zero-order valence-electron chi connectivity index (χ0n) is 6.76. The number of alkyl halides is 2. The van der Waals surface area contributed by atoms with Gasteiger partial charge in [-0.05, 0) is 19.3 Å².